The summed E-state index contributed by atoms with van der Waals surface area (Å²) >= 11 is 0. The highest BCUT2D eigenvalue weighted by molar-refractivity contribution is 6.24. The number of hydrogen-bond donors (Lipinski definition) is 0. The second-order valence-electron chi connectivity index (χ2n) is 16.2. The summed E-state index contributed by atoms with van der Waals surface area (Å²) < 4.78 is 11.6. The Kier molecular flexibility index (Phi) is 7.84. The highest BCUT2D eigenvalue weighted by Crippen LogP contribution is 2.42. The van der Waals surface area contributed by atoms with E-state index in [1.165, 1.54) is 21.8 Å². The van der Waals surface area contributed by atoms with Gasteiger partial charge in [-0.3, -0.25) is 0 Å². The molecule has 63 heavy (non-hydrogen) atoms. The van der Waals surface area contributed by atoms with E-state index >= 15 is 0 Å². The van der Waals surface area contributed by atoms with Gasteiger partial charge in [0.15, 0.2) is 5.82 Å². The third-order valence-electron chi connectivity index (χ3n) is 12.5. The quantitative estimate of drug-likeness (QED) is 0.168. The molecular weight excluding hydrogens is 769 g/mol. The Balaban J connectivity index is 0.943. The molecule has 0 unspecified atom stereocenters. The molecule has 0 aliphatic carbocycles. The van der Waals surface area contributed by atoms with Crippen molar-refractivity contribution in [2.45, 2.75) is 0 Å². The Morgan fingerprint density at radius 2 is 0.841 bits per heavy atom. The van der Waals surface area contributed by atoms with E-state index in [9.17, 15) is 0 Å². The van der Waals surface area contributed by atoms with Gasteiger partial charge < -0.3 is 13.6 Å². The van der Waals surface area contributed by atoms with E-state index in [0.717, 1.165) is 94.3 Å². The molecule has 0 saturated heterocycles. The van der Waals surface area contributed by atoms with Crippen molar-refractivity contribution >= 4 is 65.6 Å². The maximum absolute atomic E-state index is 6.86. The summed E-state index contributed by atoms with van der Waals surface area (Å²) in [6.45, 7) is 0. The van der Waals surface area contributed by atoms with Crippen LogP contribution in [0.3, 0.4) is 0 Å². The molecule has 0 aliphatic heterocycles. The Morgan fingerprint density at radius 1 is 0.317 bits per heavy atom. The number of fused-ring (bicyclic) bond motifs is 10. The van der Waals surface area contributed by atoms with Crippen LogP contribution in [-0.4, -0.2) is 19.1 Å². The van der Waals surface area contributed by atoms with E-state index in [1.807, 2.05) is 36.4 Å². The Bertz CT molecular complexity index is 3800. The molecule has 0 bridgehead atoms. The molecule has 13 aromatic rings. The van der Waals surface area contributed by atoms with Crippen molar-refractivity contribution < 1.29 is 4.42 Å². The largest absolute Gasteiger partial charge is 0.455 e. The van der Waals surface area contributed by atoms with Gasteiger partial charge in [-0.2, -0.15) is 0 Å². The van der Waals surface area contributed by atoms with E-state index in [0.29, 0.717) is 5.82 Å². The lowest BCUT2D eigenvalue weighted by molar-refractivity contribution is 0.673. The number of furan rings is 1. The summed E-state index contributed by atoms with van der Waals surface area (Å²) in [5.41, 5.74) is 15.6. The number of aromatic nitrogens is 4. The molecule has 0 saturated carbocycles. The second kappa shape index (κ2) is 14.0. The van der Waals surface area contributed by atoms with Crippen molar-refractivity contribution in [2.24, 2.45) is 0 Å². The Labute approximate surface area is 362 Å². The zero-order valence-electron chi connectivity index (χ0n) is 34.0. The summed E-state index contributed by atoms with van der Waals surface area (Å²) in [7, 11) is 0. The van der Waals surface area contributed by atoms with Crippen LogP contribution in [0.15, 0.2) is 223 Å². The number of hydrogen-bond acceptors (Lipinski definition) is 3. The minimum absolute atomic E-state index is 0.695. The van der Waals surface area contributed by atoms with Crippen LogP contribution in [0.1, 0.15) is 0 Å². The van der Waals surface area contributed by atoms with Crippen LogP contribution < -0.4 is 0 Å². The first-order valence-corrected chi connectivity index (χ1v) is 21.3. The lowest BCUT2D eigenvalue weighted by Gasteiger charge is -2.12. The molecule has 5 nitrogen and oxygen atoms in total. The molecule has 4 aromatic heterocycles. The Morgan fingerprint density at radius 3 is 1.54 bits per heavy atom. The molecule has 13 rings (SSSR count). The first kappa shape index (κ1) is 35.2. The lowest BCUT2D eigenvalue weighted by Crippen LogP contribution is -1.97. The molecule has 0 aliphatic rings. The smallest absolute Gasteiger partial charge is 0.160 e. The van der Waals surface area contributed by atoms with Crippen LogP contribution in [0.2, 0.25) is 0 Å². The van der Waals surface area contributed by atoms with Gasteiger partial charge in [-0.25, -0.2) is 9.97 Å². The van der Waals surface area contributed by atoms with Crippen molar-refractivity contribution in [3.63, 3.8) is 0 Å². The van der Waals surface area contributed by atoms with Gasteiger partial charge in [0, 0.05) is 55.0 Å². The number of rotatable bonds is 6. The molecular formula is C58H36N4O. The lowest BCUT2D eigenvalue weighted by atomic mass is 10.0. The molecule has 0 radical (unpaired) electrons. The minimum atomic E-state index is 0.695. The minimum Gasteiger partial charge on any atom is -0.455 e. The highest BCUT2D eigenvalue weighted by atomic mass is 16.3. The maximum Gasteiger partial charge on any atom is 0.160 e. The Hall–Kier alpha value is -8.54. The average molecular weight is 805 g/mol. The summed E-state index contributed by atoms with van der Waals surface area (Å²) in [5.74, 6) is 0.695. The summed E-state index contributed by atoms with van der Waals surface area (Å²) in [6.07, 6.45) is 0. The molecule has 5 heteroatoms. The van der Waals surface area contributed by atoms with Crippen molar-refractivity contribution in [1.82, 2.24) is 19.1 Å². The topological polar surface area (TPSA) is 48.8 Å². The first-order valence-electron chi connectivity index (χ1n) is 21.3. The van der Waals surface area contributed by atoms with Gasteiger partial charge in [0.05, 0.1) is 38.8 Å². The van der Waals surface area contributed by atoms with E-state index < -0.39 is 0 Å². The number of nitrogens with zero attached hydrogens (tertiary/aromatic N) is 4. The highest BCUT2D eigenvalue weighted by Gasteiger charge is 2.20. The van der Waals surface area contributed by atoms with Crippen molar-refractivity contribution in [1.29, 1.82) is 0 Å². The summed E-state index contributed by atoms with van der Waals surface area (Å²) in [5, 5.41) is 6.94. The monoisotopic (exact) mass is 804 g/mol. The predicted octanol–water partition coefficient (Wildman–Crippen LogP) is 15.2. The fourth-order valence-electron chi connectivity index (χ4n) is 9.64. The van der Waals surface area contributed by atoms with Crippen LogP contribution in [0.5, 0.6) is 0 Å². The molecule has 0 atom stereocenters. The molecule has 9 aromatic carbocycles. The summed E-state index contributed by atoms with van der Waals surface area (Å²) in [4.78, 5) is 10.2. The number of benzene rings is 9. The maximum atomic E-state index is 6.86. The molecule has 0 N–H and O–H groups in total. The predicted molar refractivity (Wildman–Crippen MR) is 260 cm³/mol. The molecule has 0 amide bonds. The SMILES string of the molecule is c1ccc(-c2cc(-c3cccc(-n4c5ccccc5c5c6oc7ccc(-c8cccc(-n9c%10ccccc%10c%10ccccc%109)c8)cc7c6ccc54)c3)nc(-c3ccccc3)n2)cc1. The number of para-hydroxylation sites is 3. The normalized spacial score (nSPS) is 11.8. The molecule has 0 fully saturated rings. The van der Waals surface area contributed by atoms with E-state index in [2.05, 4.69) is 191 Å². The fraction of sp³-hybridized carbons (Fsp3) is 0. The third kappa shape index (κ3) is 5.64. The molecule has 0 spiro atoms. The van der Waals surface area contributed by atoms with Crippen LogP contribution in [0.25, 0.3) is 122 Å². The zero-order chi connectivity index (χ0) is 41.4. The summed E-state index contributed by atoms with van der Waals surface area (Å²) in [6, 6.07) is 77.2. The van der Waals surface area contributed by atoms with Gasteiger partial charge in [0.1, 0.15) is 11.2 Å². The first-order chi connectivity index (χ1) is 31.2. The van der Waals surface area contributed by atoms with Crippen molar-refractivity contribution in [2.75, 3.05) is 0 Å². The average Bonchev–Trinajstić information content (AvgIpc) is 4.02. The standard InChI is InChI=1S/C58H36N4O/c1-3-15-37(16-4-1)49-36-50(60-58(59-49)38-17-5-2-6-18-38)41-20-14-22-43(34-41)62-53-28-12-9-25-47(53)56-54(62)31-30-46-48-35-40(29-32-55(48)63-57(46)56)39-19-13-21-42(33-39)61-51-26-10-7-23-44(51)45-24-8-11-27-52(45)61/h1-36H. The van der Waals surface area contributed by atoms with Gasteiger partial charge >= 0.3 is 0 Å². The van der Waals surface area contributed by atoms with E-state index in [1.54, 1.807) is 0 Å². The fourth-order valence-corrected chi connectivity index (χ4v) is 9.64. The van der Waals surface area contributed by atoms with E-state index in [4.69, 9.17) is 14.4 Å². The van der Waals surface area contributed by atoms with Crippen LogP contribution in [0.4, 0.5) is 0 Å². The van der Waals surface area contributed by atoms with E-state index in [-0.39, 0.29) is 0 Å². The van der Waals surface area contributed by atoms with Crippen LogP contribution >= 0.6 is 0 Å². The van der Waals surface area contributed by atoms with Crippen molar-refractivity contribution in [3.05, 3.63) is 218 Å². The van der Waals surface area contributed by atoms with Gasteiger partial charge in [-0.15, -0.1) is 0 Å². The van der Waals surface area contributed by atoms with Gasteiger partial charge in [0.25, 0.3) is 0 Å². The van der Waals surface area contributed by atoms with Crippen LogP contribution in [0, 0.1) is 0 Å². The molecule has 4 heterocycles. The van der Waals surface area contributed by atoms with Gasteiger partial charge in [0.2, 0.25) is 0 Å². The third-order valence-corrected chi connectivity index (χ3v) is 12.5. The van der Waals surface area contributed by atoms with Gasteiger partial charge in [-0.1, -0.05) is 146 Å². The second-order valence-corrected chi connectivity index (χ2v) is 16.2. The van der Waals surface area contributed by atoms with Gasteiger partial charge in [-0.05, 0) is 83.9 Å². The van der Waals surface area contributed by atoms with Crippen LogP contribution in [-0.2, 0) is 0 Å². The van der Waals surface area contributed by atoms with Crippen molar-refractivity contribution in [3.8, 4) is 56.4 Å². The zero-order valence-corrected chi connectivity index (χ0v) is 34.0. The molecule has 294 valence electrons.